The smallest absolute Gasteiger partial charge is 0.296 e. The average Bonchev–Trinajstić information content (AvgIpc) is 2.86. The topological polar surface area (TPSA) is 203 Å². The first-order chi connectivity index (χ1) is 17.6. The van der Waals surface area contributed by atoms with E-state index in [1.807, 2.05) is 4.90 Å². The fraction of sp³-hybridized carbons (Fsp3) is 0.500. The van der Waals surface area contributed by atoms with Gasteiger partial charge in [-0.05, 0) is 17.7 Å². The van der Waals surface area contributed by atoms with Gasteiger partial charge in [0, 0.05) is 25.9 Å². The molecule has 0 atom stereocenters. The number of hydrogen-bond acceptors (Lipinski definition) is 16. The molecular formula is C18H27N7O9S3. The first-order valence-corrected chi connectivity index (χ1v) is 14.4. The third kappa shape index (κ3) is 9.25. The zero-order valence-corrected chi connectivity index (χ0v) is 22.4. The zero-order valence-electron chi connectivity index (χ0n) is 19.9. The Morgan fingerprint density at radius 1 is 1.14 bits per heavy atom. The van der Waals surface area contributed by atoms with E-state index in [1.54, 1.807) is 0 Å². The Labute approximate surface area is 218 Å². The summed E-state index contributed by atoms with van der Waals surface area (Å²) >= 11 is 0.803. The van der Waals surface area contributed by atoms with E-state index in [9.17, 15) is 21.4 Å². The van der Waals surface area contributed by atoms with Gasteiger partial charge in [0.25, 0.3) is 20.2 Å². The van der Waals surface area contributed by atoms with E-state index in [0.717, 1.165) is 31.3 Å². The summed E-state index contributed by atoms with van der Waals surface area (Å²) in [7, 11) is -6.01. The first kappa shape index (κ1) is 29.4. The van der Waals surface area contributed by atoms with Gasteiger partial charge in [0.1, 0.15) is 5.75 Å². The van der Waals surface area contributed by atoms with Gasteiger partial charge in [-0.2, -0.15) is 37.3 Å². The van der Waals surface area contributed by atoms with Crippen molar-refractivity contribution in [3.05, 3.63) is 23.8 Å². The van der Waals surface area contributed by atoms with E-state index in [2.05, 4.69) is 35.2 Å². The van der Waals surface area contributed by atoms with Crippen LogP contribution in [0.5, 0.6) is 0 Å². The molecule has 0 saturated carbocycles. The van der Waals surface area contributed by atoms with Gasteiger partial charge in [0.2, 0.25) is 17.1 Å². The number of benzene rings is 1. The van der Waals surface area contributed by atoms with Crippen LogP contribution in [-0.4, -0.2) is 90.3 Å². The molecule has 1 fully saturated rings. The predicted molar refractivity (Wildman–Crippen MR) is 132 cm³/mol. The SMILES string of the molecule is COCNCNOSc1nc(Nc2cc(S(=O)(=O)OC)ccc2CS(=O)(=O)O)nc(N2CCOCC2)n1. The predicted octanol–water partition coefficient (Wildman–Crippen LogP) is -0.146. The van der Waals surface area contributed by atoms with Gasteiger partial charge in [-0.25, -0.2) is 4.28 Å². The number of hydroxylamine groups is 1. The number of nitrogens with zero attached hydrogens (tertiary/aromatic N) is 4. The molecule has 2 heterocycles. The van der Waals surface area contributed by atoms with E-state index < -0.39 is 26.0 Å². The molecule has 0 radical (unpaired) electrons. The van der Waals surface area contributed by atoms with Gasteiger partial charge >= 0.3 is 0 Å². The fourth-order valence-electron chi connectivity index (χ4n) is 3.01. The van der Waals surface area contributed by atoms with E-state index in [1.165, 1.54) is 13.2 Å². The normalized spacial score (nSPS) is 14.6. The molecule has 1 aromatic carbocycles. The van der Waals surface area contributed by atoms with Gasteiger partial charge in [-0.3, -0.25) is 14.1 Å². The summed E-state index contributed by atoms with van der Waals surface area (Å²) in [5, 5.41) is 5.87. The van der Waals surface area contributed by atoms with Crippen molar-refractivity contribution < 1.29 is 39.3 Å². The van der Waals surface area contributed by atoms with E-state index in [-0.39, 0.29) is 33.9 Å². The standard InChI is InChI=1S/C18H27N7O9S3/c1-31-12-19-11-20-34-35-18-23-16(22-17(24-18)25-5-7-33-8-6-25)21-15-9-14(37(29,30)32-2)4-3-13(15)10-36(26,27)28/h3-4,9,19-20H,5-8,10-12H2,1-2H3,(H,26,27,28)(H,21,22,23,24). The molecule has 37 heavy (non-hydrogen) atoms. The van der Waals surface area contributed by atoms with Gasteiger partial charge in [-0.15, -0.1) is 0 Å². The zero-order chi connectivity index (χ0) is 26.9. The van der Waals surface area contributed by atoms with Crippen LogP contribution in [0.1, 0.15) is 5.56 Å². The summed E-state index contributed by atoms with van der Waals surface area (Å²) in [5.74, 6) is -0.516. The molecule has 2 aromatic rings. The van der Waals surface area contributed by atoms with Crippen molar-refractivity contribution in [1.82, 2.24) is 25.7 Å². The first-order valence-electron chi connectivity index (χ1n) is 10.6. The highest BCUT2D eigenvalue weighted by Crippen LogP contribution is 2.27. The minimum atomic E-state index is -4.44. The molecule has 4 N–H and O–H groups in total. The van der Waals surface area contributed by atoms with Crippen LogP contribution >= 0.6 is 12.0 Å². The molecule has 0 amide bonds. The molecular weight excluding hydrogens is 554 g/mol. The number of methoxy groups -OCH3 is 1. The number of ether oxygens (including phenoxy) is 2. The lowest BCUT2D eigenvalue weighted by atomic mass is 10.2. The van der Waals surface area contributed by atoms with Crippen LogP contribution in [0, 0.1) is 0 Å². The Morgan fingerprint density at radius 3 is 2.57 bits per heavy atom. The number of aromatic nitrogens is 3. The van der Waals surface area contributed by atoms with Crippen molar-refractivity contribution in [2.45, 2.75) is 15.8 Å². The number of rotatable bonds is 14. The number of morpholine rings is 1. The van der Waals surface area contributed by atoms with Crippen LogP contribution in [0.4, 0.5) is 17.6 Å². The molecule has 16 nitrogen and oxygen atoms in total. The van der Waals surface area contributed by atoms with Crippen LogP contribution < -0.4 is 21.0 Å². The Kier molecular flexibility index (Phi) is 10.8. The molecule has 1 aliphatic heterocycles. The third-order valence-corrected chi connectivity index (χ3v) is 7.17. The summed E-state index contributed by atoms with van der Waals surface area (Å²) in [6.07, 6.45) is 0. The van der Waals surface area contributed by atoms with E-state index in [4.69, 9.17) is 13.8 Å². The number of nitrogens with one attached hydrogen (secondary N) is 3. The van der Waals surface area contributed by atoms with Crippen molar-refractivity contribution in [2.24, 2.45) is 0 Å². The molecule has 19 heteroatoms. The molecule has 0 aliphatic carbocycles. The Balaban J connectivity index is 1.93. The number of hydrogen-bond donors (Lipinski definition) is 4. The number of anilines is 3. The highest BCUT2D eigenvalue weighted by molar-refractivity contribution is 7.94. The van der Waals surface area contributed by atoms with Crippen molar-refractivity contribution in [3.8, 4) is 0 Å². The third-order valence-electron chi connectivity index (χ3n) is 4.69. The minimum absolute atomic E-state index is 0.0219. The fourth-order valence-corrected chi connectivity index (χ4v) is 4.78. The lowest BCUT2D eigenvalue weighted by Crippen LogP contribution is -2.37. The summed E-state index contributed by atoms with van der Waals surface area (Å²) in [6.45, 7) is 2.55. The van der Waals surface area contributed by atoms with Crippen molar-refractivity contribution in [3.63, 3.8) is 0 Å². The Hall–Kier alpha value is -2.20. The van der Waals surface area contributed by atoms with Crippen LogP contribution in [0.2, 0.25) is 0 Å². The van der Waals surface area contributed by atoms with Crippen molar-refractivity contribution in [2.75, 3.05) is 64.1 Å². The second kappa shape index (κ2) is 13.6. The average molecular weight is 582 g/mol. The molecule has 1 aliphatic rings. The highest BCUT2D eigenvalue weighted by atomic mass is 32.2. The van der Waals surface area contributed by atoms with Gasteiger partial charge in [0.15, 0.2) is 0 Å². The van der Waals surface area contributed by atoms with Crippen LogP contribution in [0.25, 0.3) is 0 Å². The molecule has 3 rings (SSSR count). The maximum absolute atomic E-state index is 12.2. The largest absolute Gasteiger partial charge is 0.378 e. The molecule has 0 spiro atoms. The van der Waals surface area contributed by atoms with Crippen LogP contribution in [-0.2, 0) is 43.9 Å². The van der Waals surface area contributed by atoms with E-state index in [0.29, 0.717) is 39.0 Å². The Morgan fingerprint density at radius 2 is 1.89 bits per heavy atom. The van der Waals surface area contributed by atoms with Crippen LogP contribution in [0.3, 0.4) is 0 Å². The maximum Gasteiger partial charge on any atom is 0.296 e. The molecule has 0 unspecified atom stereocenters. The second-order valence-electron chi connectivity index (χ2n) is 7.30. The lowest BCUT2D eigenvalue weighted by Gasteiger charge is -2.27. The molecule has 0 bridgehead atoms. The summed E-state index contributed by atoms with van der Waals surface area (Å²) in [4.78, 5) is 14.7. The molecule has 206 valence electrons. The summed E-state index contributed by atoms with van der Waals surface area (Å²) in [6, 6.07) is 3.56. The molecule has 1 saturated heterocycles. The monoisotopic (exact) mass is 581 g/mol. The lowest BCUT2D eigenvalue weighted by molar-refractivity contribution is 0.122. The molecule has 1 aromatic heterocycles. The summed E-state index contributed by atoms with van der Waals surface area (Å²) in [5.41, 5.74) is 2.74. The second-order valence-corrected chi connectivity index (χ2v) is 11.2. The quantitative estimate of drug-likeness (QED) is 0.0572. The minimum Gasteiger partial charge on any atom is -0.378 e. The van der Waals surface area contributed by atoms with Gasteiger partial charge in [0.05, 0.1) is 50.7 Å². The van der Waals surface area contributed by atoms with E-state index >= 15 is 0 Å². The van der Waals surface area contributed by atoms with Crippen molar-refractivity contribution >= 4 is 49.9 Å². The Bertz CT molecular complexity index is 1260. The van der Waals surface area contributed by atoms with Gasteiger partial charge < -0.3 is 19.7 Å². The van der Waals surface area contributed by atoms with Gasteiger partial charge in [-0.1, -0.05) is 6.07 Å². The van der Waals surface area contributed by atoms with Crippen LogP contribution in [0.15, 0.2) is 28.3 Å². The highest BCUT2D eigenvalue weighted by Gasteiger charge is 2.21. The summed E-state index contributed by atoms with van der Waals surface area (Å²) < 4.78 is 77.0. The maximum atomic E-state index is 12.2. The van der Waals surface area contributed by atoms with Crippen molar-refractivity contribution in [1.29, 1.82) is 0 Å².